The van der Waals surface area contributed by atoms with Crippen LogP contribution < -0.4 is 4.74 Å². The van der Waals surface area contributed by atoms with Gasteiger partial charge in [0, 0.05) is 12.3 Å². The van der Waals surface area contributed by atoms with Gasteiger partial charge in [0.2, 0.25) is 5.89 Å². The van der Waals surface area contributed by atoms with Crippen LogP contribution in [0.4, 0.5) is 0 Å². The van der Waals surface area contributed by atoms with Crippen LogP contribution in [-0.4, -0.2) is 22.3 Å². The number of methoxy groups -OCH3 is 1. The fraction of sp³-hybridized carbons (Fsp3) is 0.0909. The second-order valence-corrected chi connectivity index (χ2v) is 3.34. The lowest BCUT2D eigenvalue weighted by atomic mass is 10.3. The van der Waals surface area contributed by atoms with Gasteiger partial charge in [-0.05, 0) is 12.1 Å². The Hall–Kier alpha value is -2.30. The van der Waals surface area contributed by atoms with Crippen molar-refractivity contribution in [2.45, 2.75) is 0 Å². The molecule has 0 fully saturated rings. The molecule has 0 bridgehead atoms. The van der Waals surface area contributed by atoms with Crippen molar-refractivity contribution in [3.05, 3.63) is 30.6 Å². The Kier molecular flexibility index (Phi) is 1.89. The van der Waals surface area contributed by atoms with Gasteiger partial charge < -0.3 is 9.15 Å². The minimum Gasteiger partial charge on any atom is -0.497 e. The third kappa shape index (κ3) is 1.33. The first-order chi connectivity index (χ1) is 7.86. The Morgan fingerprint density at radius 2 is 2.31 bits per heavy atom. The van der Waals surface area contributed by atoms with E-state index < -0.39 is 0 Å². The van der Waals surface area contributed by atoms with Crippen LogP contribution in [0.25, 0.3) is 22.6 Å². The Bertz CT molecular complexity index is 613. The molecule has 0 atom stereocenters. The maximum absolute atomic E-state index is 5.59. The summed E-state index contributed by atoms with van der Waals surface area (Å²) >= 11 is 0. The van der Waals surface area contributed by atoms with Gasteiger partial charge in [-0.3, -0.25) is 5.10 Å². The number of nitrogens with zero attached hydrogens (tertiary/aromatic N) is 2. The summed E-state index contributed by atoms with van der Waals surface area (Å²) in [5.41, 5.74) is 2.34. The molecule has 1 N–H and O–H groups in total. The highest BCUT2D eigenvalue weighted by Crippen LogP contribution is 2.25. The van der Waals surface area contributed by atoms with Crippen molar-refractivity contribution in [3.63, 3.8) is 0 Å². The molecule has 0 aliphatic carbocycles. The molecular weight excluding hydrogens is 206 g/mol. The van der Waals surface area contributed by atoms with Crippen molar-refractivity contribution in [2.24, 2.45) is 0 Å². The Morgan fingerprint density at radius 3 is 3.06 bits per heavy atom. The summed E-state index contributed by atoms with van der Waals surface area (Å²) < 4.78 is 10.7. The average molecular weight is 215 g/mol. The minimum atomic E-state index is 0.553. The number of oxazole rings is 1. The fourth-order valence-electron chi connectivity index (χ4n) is 1.53. The average Bonchev–Trinajstić information content (AvgIpc) is 2.96. The van der Waals surface area contributed by atoms with E-state index in [0.717, 1.165) is 22.4 Å². The van der Waals surface area contributed by atoms with Crippen molar-refractivity contribution in [1.29, 1.82) is 0 Å². The first-order valence-corrected chi connectivity index (χ1v) is 4.80. The number of aromatic amines is 1. The lowest BCUT2D eigenvalue weighted by molar-refractivity contribution is 0.415. The molecule has 0 spiro atoms. The second kappa shape index (κ2) is 3.37. The third-order valence-corrected chi connectivity index (χ3v) is 2.34. The van der Waals surface area contributed by atoms with Crippen molar-refractivity contribution in [1.82, 2.24) is 15.2 Å². The van der Waals surface area contributed by atoms with E-state index >= 15 is 0 Å². The summed E-state index contributed by atoms with van der Waals surface area (Å²) in [5, 5.41) is 6.57. The van der Waals surface area contributed by atoms with E-state index in [9.17, 15) is 0 Å². The summed E-state index contributed by atoms with van der Waals surface area (Å²) in [6.45, 7) is 0. The van der Waals surface area contributed by atoms with Crippen LogP contribution in [0.15, 0.2) is 35.0 Å². The van der Waals surface area contributed by atoms with E-state index in [1.165, 1.54) is 0 Å². The van der Waals surface area contributed by atoms with Gasteiger partial charge in [0.05, 0.1) is 18.9 Å². The maximum Gasteiger partial charge on any atom is 0.230 e. The van der Waals surface area contributed by atoms with Crippen molar-refractivity contribution >= 4 is 11.1 Å². The largest absolute Gasteiger partial charge is 0.497 e. The topological polar surface area (TPSA) is 63.9 Å². The second-order valence-electron chi connectivity index (χ2n) is 3.34. The maximum atomic E-state index is 5.59. The van der Waals surface area contributed by atoms with E-state index in [0.29, 0.717) is 5.89 Å². The summed E-state index contributed by atoms with van der Waals surface area (Å²) in [7, 11) is 1.62. The molecule has 2 heterocycles. The molecule has 0 amide bonds. The van der Waals surface area contributed by atoms with Gasteiger partial charge >= 0.3 is 0 Å². The SMILES string of the molecule is COc1ccc2oc(-c3cn[nH]c3)nc2c1. The molecule has 16 heavy (non-hydrogen) atoms. The molecule has 80 valence electrons. The van der Waals surface area contributed by atoms with Gasteiger partial charge in [-0.15, -0.1) is 0 Å². The van der Waals surface area contributed by atoms with Crippen LogP contribution in [0.3, 0.4) is 0 Å². The van der Waals surface area contributed by atoms with Gasteiger partial charge in [0.15, 0.2) is 5.58 Å². The summed E-state index contributed by atoms with van der Waals surface area (Å²) in [6, 6.07) is 5.51. The first-order valence-electron chi connectivity index (χ1n) is 4.80. The third-order valence-electron chi connectivity index (χ3n) is 2.34. The number of rotatable bonds is 2. The van der Waals surface area contributed by atoms with Crippen molar-refractivity contribution in [3.8, 4) is 17.2 Å². The molecule has 3 aromatic rings. The van der Waals surface area contributed by atoms with E-state index in [1.54, 1.807) is 19.5 Å². The summed E-state index contributed by atoms with van der Waals surface area (Å²) in [4.78, 5) is 4.36. The predicted molar refractivity (Wildman–Crippen MR) is 58.1 cm³/mol. The van der Waals surface area contributed by atoms with E-state index in [1.807, 2.05) is 18.2 Å². The number of fused-ring (bicyclic) bond motifs is 1. The van der Waals surface area contributed by atoms with E-state index in [2.05, 4.69) is 15.2 Å². The number of hydrogen-bond acceptors (Lipinski definition) is 4. The van der Waals surface area contributed by atoms with Crippen molar-refractivity contribution < 1.29 is 9.15 Å². The minimum absolute atomic E-state index is 0.553. The Balaban J connectivity index is 2.16. The van der Waals surface area contributed by atoms with Crippen molar-refractivity contribution in [2.75, 3.05) is 7.11 Å². The van der Waals surface area contributed by atoms with Gasteiger partial charge in [0.1, 0.15) is 11.3 Å². The number of aromatic nitrogens is 3. The lowest BCUT2D eigenvalue weighted by Crippen LogP contribution is -1.80. The molecule has 0 unspecified atom stereocenters. The monoisotopic (exact) mass is 215 g/mol. The van der Waals surface area contributed by atoms with E-state index in [4.69, 9.17) is 9.15 Å². The van der Waals surface area contributed by atoms with Gasteiger partial charge in [-0.25, -0.2) is 4.98 Å². The smallest absolute Gasteiger partial charge is 0.230 e. The molecule has 0 aliphatic heterocycles. The zero-order valence-corrected chi connectivity index (χ0v) is 8.60. The molecule has 5 nitrogen and oxygen atoms in total. The highest BCUT2D eigenvalue weighted by Gasteiger charge is 2.09. The summed E-state index contributed by atoms with van der Waals surface area (Å²) in [6.07, 6.45) is 3.41. The quantitative estimate of drug-likeness (QED) is 0.711. The molecule has 0 saturated heterocycles. The number of H-pyrrole nitrogens is 1. The van der Waals surface area contributed by atoms with Gasteiger partial charge in [0.25, 0.3) is 0 Å². The van der Waals surface area contributed by atoms with Crippen LogP contribution >= 0.6 is 0 Å². The van der Waals surface area contributed by atoms with Gasteiger partial charge in [-0.1, -0.05) is 0 Å². The number of nitrogens with one attached hydrogen (secondary N) is 1. The molecule has 3 rings (SSSR count). The Labute approximate surface area is 91.1 Å². The first kappa shape index (κ1) is 8.96. The molecule has 0 radical (unpaired) electrons. The Morgan fingerprint density at radius 1 is 1.38 bits per heavy atom. The van der Waals surface area contributed by atoms with Crippen LogP contribution in [-0.2, 0) is 0 Å². The van der Waals surface area contributed by atoms with Crippen LogP contribution in [0, 0.1) is 0 Å². The van der Waals surface area contributed by atoms with Gasteiger partial charge in [-0.2, -0.15) is 5.10 Å². The van der Waals surface area contributed by atoms with Crippen LogP contribution in [0.1, 0.15) is 0 Å². The highest BCUT2D eigenvalue weighted by molar-refractivity contribution is 5.77. The molecule has 2 aromatic heterocycles. The van der Waals surface area contributed by atoms with Crippen LogP contribution in [0.2, 0.25) is 0 Å². The molecule has 0 aliphatic rings. The number of benzene rings is 1. The molecule has 5 heteroatoms. The number of hydrogen-bond donors (Lipinski definition) is 1. The molecule has 0 saturated carbocycles. The summed E-state index contributed by atoms with van der Waals surface area (Å²) in [5.74, 6) is 1.32. The fourth-order valence-corrected chi connectivity index (χ4v) is 1.53. The van der Waals surface area contributed by atoms with Crippen LogP contribution in [0.5, 0.6) is 5.75 Å². The number of ether oxygens (including phenoxy) is 1. The molecule has 1 aromatic carbocycles. The standard InChI is InChI=1S/C11H9N3O2/c1-15-8-2-3-10-9(4-8)14-11(16-10)7-5-12-13-6-7/h2-6H,1H3,(H,12,13). The predicted octanol–water partition coefficient (Wildman–Crippen LogP) is 2.23. The lowest BCUT2D eigenvalue weighted by Gasteiger charge is -1.95. The zero-order chi connectivity index (χ0) is 11.0. The highest BCUT2D eigenvalue weighted by atomic mass is 16.5. The zero-order valence-electron chi connectivity index (χ0n) is 8.60. The normalized spacial score (nSPS) is 10.8. The molecular formula is C11H9N3O2. The van der Waals surface area contributed by atoms with E-state index in [-0.39, 0.29) is 0 Å².